The zero-order valence-electron chi connectivity index (χ0n) is 25.4. The molecule has 3 aliphatic heterocycles. The molecule has 3 fully saturated rings. The summed E-state index contributed by atoms with van der Waals surface area (Å²) in [6.07, 6.45) is 5.08. The third-order valence-corrected chi connectivity index (χ3v) is 10.8. The Labute approximate surface area is 263 Å². The van der Waals surface area contributed by atoms with E-state index < -0.39 is 22.6 Å². The molecule has 2 aromatic carbocycles. The van der Waals surface area contributed by atoms with Gasteiger partial charge in [0.25, 0.3) is 5.91 Å². The molecule has 5 rings (SSSR count). The van der Waals surface area contributed by atoms with Gasteiger partial charge in [0.15, 0.2) is 0 Å². The van der Waals surface area contributed by atoms with Gasteiger partial charge in [-0.15, -0.1) is 24.9 Å². The van der Waals surface area contributed by atoms with Crippen molar-refractivity contribution in [1.82, 2.24) is 4.90 Å². The van der Waals surface area contributed by atoms with Crippen LogP contribution in [0.1, 0.15) is 26.2 Å². The summed E-state index contributed by atoms with van der Waals surface area (Å²) in [5.74, 6) is -0.395. The van der Waals surface area contributed by atoms with Gasteiger partial charge in [-0.05, 0) is 74.7 Å². The standard InChI is InChI=1S/C34H41N3O6S/c1-5-19-35(23-11-15-26(16-12-23)43-7-3)31(39)28-27-17-18-34(44-27)29(28)32(40)37(21-8-22-38)30(34)33(41)36(20-6-2)24-9-13-25(42-4)14-10-24/h5-6,9-16,27-30,38H,1-2,7-8,17-22H2,3-4H3/t27-,28+,29+,30?,34?/m1/s1. The molecule has 2 aromatic rings. The van der Waals surface area contributed by atoms with E-state index in [-0.39, 0.29) is 49.2 Å². The molecule has 44 heavy (non-hydrogen) atoms. The molecule has 0 radical (unpaired) electrons. The zero-order valence-corrected chi connectivity index (χ0v) is 26.2. The van der Waals surface area contributed by atoms with Crippen LogP contribution in [0.15, 0.2) is 73.8 Å². The van der Waals surface area contributed by atoms with Crippen LogP contribution in [0.5, 0.6) is 11.5 Å². The Morgan fingerprint density at radius 2 is 1.61 bits per heavy atom. The summed E-state index contributed by atoms with van der Waals surface area (Å²) in [4.78, 5) is 48.4. The van der Waals surface area contributed by atoms with Crippen molar-refractivity contribution in [3.8, 4) is 11.5 Å². The van der Waals surface area contributed by atoms with Gasteiger partial charge in [0.1, 0.15) is 17.5 Å². The van der Waals surface area contributed by atoms with Gasteiger partial charge in [0, 0.05) is 42.9 Å². The normalized spacial score (nSPS) is 25.0. The maximum absolute atomic E-state index is 14.6. The molecule has 1 N–H and O–H groups in total. The van der Waals surface area contributed by atoms with Crippen molar-refractivity contribution in [1.29, 1.82) is 0 Å². The van der Waals surface area contributed by atoms with Gasteiger partial charge in [-0.2, -0.15) is 0 Å². The van der Waals surface area contributed by atoms with E-state index in [1.54, 1.807) is 57.9 Å². The average molecular weight is 620 g/mol. The Hall–Kier alpha value is -3.76. The van der Waals surface area contributed by atoms with Crippen molar-refractivity contribution in [2.75, 3.05) is 49.8 Å². The molecule has 0 aromatic heterocycles. The number of ether oxygens (including phenoxy) is 2. The van der Waals surface area contributed by atoms with E-state index in [0.29, 0.717) is 42.3 Å². The van der Waals surface area contributed by atoms with E-state index >= 15 is 0 Å². The molecule has 3 amide bonds. The fourth-order valence-corrected chi connectivity index (χ4v) is 9.28. The SMILES string of the molecule is C=CCN(C(=O)C1N(CCCO)C(=O)[C@@H]2[C@@H](C(=O)N(CC=C)c3ccc(OCC)cc3)[C@H]3CCC12S3)c1ccc(OC)cc1. The van der Waals surface area contributed by atoms with Crippen LogP contribution in [0.2, 0.25) is 0 Å². The molecule has 234 valence electrons. The highest BCUT2D eigenvalue weighted by atomic mass is 32.2. The van der Waals surface area contributed by atoms with Crippen LogP contribution in [0.25, 0.3) is 0 Å². The predicted molar refractivity (Wildman–Crippen MR) is 173 cm³/mol. The number of carbonyl (C=O) groups excluding carboxylic acids is 3. The number of fused-ring (bicyclic) bond motifs is 1. The van der Waals surface area contributed by atoms with Crippen molar-refractivity contribution >= 4 is 40.9 Å². The molecule has 3 saturated heterocycles. The Morgan fingerprint density at radius 3 is 2.16 bits per heavy atom. The minimum atomic E-state index is -0.778. The lowest BCUT2D eigenvalue weighted by Gasteiger charge is -2.37. The first-order valence-electron chi connectivity index (χ1n) is 15.2. The quantitative estimate of drug-likeness (QED) is 0.315. The molecule has 0 saturated carbocycles. The number of carbonyl (C=O) groups is 3. The summed E-state index contributed by atoms with van der Waals surface area (Å²) in [6.45, 7) is 10.9. The van der Waals surface area contributed by atoms with Crippen molar-refractivity contribution in [3.63, 3.8) is 0 Å². The highest BCUT2D eigenvalue weighted by Gasteiger charge is 2.74. The molecule has 0 aliphatic carbocycles. The number of nitrogens with zero attached hydrogens (tertiary/aromatic N) is 3. The number of thioether (sulfide) groups is 1. The van der Waals surface area contributed by atoms with Gasteiger partial charge in [0.05, 0.1) is 30.3 Å². The molecule has 10 heteroatoms. The fourth-order valence-electron chi connectivity index (χ4n) is 7.08. The van der Waals surface area contributed by atoms with Crippen LogP contribution in [0, 0.1) is 11.8 Å². The molecule has 2 bridgehead atoms. The first-order chi connectivity index (χ1) is 21.3. The minimum Gasteiger partial charge on any atom is -0.497 e. The smallest absolute Gasteiger partial charge is 0.251 e. The lowest BCUT2D eigenvalue weighted by molar-refractivity contribution is -0.139. The number of likely N-dealkylation sites (tertiary alicyclic amines) is 1. The number of methoxy groups -OCH3 is 1. The summed E-state index contributed by atoms with van der Waals surface area (Å²) in [5.41, 5.74) is 1.37. The number of aliphatic hydroxyl groups excluding tert-OH is 1. The van der Waals surface area contributed by atoms with Crippen LogP contribution in [-0.2, 0) is 14.4 Å². The highest BCUT2D eigenvalue weighted by Crippen LogP contribution is 2.66. The maximum atomic E-state index is 14.6. The molecular formula is C34H41N3O6S. The second-order valence-corrected chi connectivity index (χ2v) is 12.9. The van der Waals surface area contributed by atoms with Crippen molar-refractivity contribution < 1.29 is 29.0 Å². The van der Waals surface area contributed by atoms with Crippen molar-refractivity contribution in [2.45, 2.75) is 42.2 Å². The summed E-state index contributed by atoms with van der Waals surface area (Å²) >= 11 is 1.63. The van der Waals surface area contributed by atoms with Crippen LogP contribution in [0.4, 0.5) is 11.4 Å². The van der Waals surface area contributed by atoms with Crippen molar-refractivity contribution in [3.05, 3.63) is 73.8 Å². The molecule has 9 nitrogen and oxygen atoms in total. The van der Waals surface area contributed by atoms with Crippen LogP contribution in [0.3, 0.4) is 0 Å². The molecule has 3 heterocycles. The average Bonchev–Trinajstić information content (AvgIpc) is 3.69. The van der Waals surface area contributed by atoms with Crippen LogP contribution < -0.4 is 19.3 Å². The summed E-state index contributed by atoms with van der Waals surface area (Å²) in [5, 5.41) is 9.61. The highest BCUT2D eigenvalue weighted by molar-refractivity contribution is 8.02. The lowest BCUT2D eigenvalue weighted by Crippen LogP contribution is -2.55. The van der Waals surface area contributed by atoms with E-state index in [1.807, 2.05) is 43.3 Å². The van der Waals surface area contributed by atoms with Crippen LogP contribution in [-0.4, -0.2) is 83.7 Å². The van der Waals surface area contributed by atoms with Crippen LogP contribution >= 0.6 is 11.8 Å². The first-order valence-corrected chi connectivity index (χ1v) is 16.0. The Morgan fingerprint density at radius 1 is 1.02 bits per heavy atom. The number of hydrogen-bond donors (Lipinski definition) is 1. The molecular weight excluding hydrogens is 578 g/mol. The van der Waals surface area contributed by atoms with Gasteiger partial charge in [0.2, 0.25) is 11.8 Å². The van der Waals surface area contributed by atoms with E-state index in [0.717, 1.165) is 6.42 Å². The number of hydrogen-bond acceptors (Lipinski definition) is 7. The monoisotopic (exact) mass is 619 g/mol. The van der Waals surface area contributed by atoms with Gasteiger partial charge < -0.3 is 29.3 Å². The van der Waals surface area contributed by atoms with Gasteiger partial charge in [-0.1, -0.05) is 12.2 Å². The molecule has 2 unspecified atom stereocenters. The Bertz CT molecular complexity index is 1380. The van der Waals surface area contributed by atoms with E-state index in [4.69, 9.17) is 9.47 Å². The van der Waals surface area contributed by atoms with E-state index in [1.165, 1.54) is 0 Å². The fraction of sp³-hybridized carbons (Fsp3) is 0.441. The Kier molecular flexibility index (Phi) is 9.70. The second-order valence-electron chi connectivity index (χ2n) is 11.3. The molecule has 3 aliphatic rings. The van der Waals surface area contributed by atoms with Gasteiger partial charge in [-0.3, -0.25) is 14.4 Å². The number of amides is 3. The third kappa shape index (κ3) is 5.49. The summed E-state index contributed by atoms with van der Waals surface area (Å²) in [6, 6.07) is 13.8. The largest absolute Gasteiger partial charge is 0.497 e. The van der Waals surface area contributed by atoms with Crippen molar-refractivity contribution in [2.24, 2.45) is 11.8 Å². The van der Waals surface area contributed by atoms with Gasteiger partial charge in [-0.25, -0.2) is 0 Å². The topological polar surface area (TPSA) is 99.6 Å². The first kappa shape index (κ1) is 31.7. The zero-order chi connectivity index (χ0) is 31.4. The number of rotatable bonds is 14. The number of aliphatic hydroxyl groups is 1. The van der Waals surface area contributed by atoms with Gasteiger partial charge >= 0.3 is 0 Å². The molecule has 1 spiro atoms. The number of anilines is 2. The van der Waals surface area contributed by atoms with E-state index in [2.05, 4.69) is 13.2 Å². The van der Waals surface area contributed by atoms with E-state index in [9.17, 15) is 19.5 Å². The maximum Gasteiger partial charge on any atom is 0.251 e. The predicted octanol–water partition coefficient (Wildman–Crippen LogP) is 4.31. The third-order valence-electron chi connectivity index (χ3n) is 8.88. The summed E-state index contributed by atoms with van der Waals surface area (Å²) < 4.78 is 10.1. The second kappa shape index (κ2) is 13.5. The Balaban J connectivity index is 1.51. The summed E-state index contributed by atoms with van der Waals surface area (Å²) in [7, 11) is 1.59. The lowest BCUT2D eigenvalue weighted by atomic mass is 9.70. The number of benzene rings is 2. The minimum absolute atomic E-state index is 0.0874. The molecule has 5 atom stereocenters.